The fourth-order valence-electron chi connectivity index (χ4n) is 3.16. The Bertz CT molecular complexity index is 1250. The molecule has 0 spiro atoms. The molecule has 1 aromatic heterocycles. The van der Waals surface area contributed by atoms with E-state index in [0.717, 1.165) is 23.5 Å². The predicted molar refractivity (Wildman–Crippen MR) is 119 cm³/mol. The van der Waals surface area contributed by atoms with Crippen molar-refractivity contribution in [3.63, 3.8) is 0 Å². The fourth-order valence-corrected chi connectivity index (χ4v) is 3.16. The lowest BCUT2D eigenvalue weighted by molar-refractivity contribution is -0.693. The van der Waals surface area contributed by atoms with Crippen molar-refractivity contribution in [2.45, 2.75) is 20.4 Å². The summed E-state index contributed by atoms with van der Waals surface area (Å²) in [7, 11) is 0. The van der Waals surface area contributed by atoms with Crippen LogP contribution in [0.25, 0.3) is 0 Å². The Morgan fingerprint density at radius 1 is 0.848 bits per heavy atom. The Morgan fingerprint density at radius 2 is 1.42 bits per heavy atom. The number of rotatable bonds is 8. The lowest BCUT2D eigenvalue weighted by atomic mass is 10.1. The highest BCUT2D eigenvalue weighted by molar-refractivity contribution is 6.00. The Balaban J connectivity index is 2.05. The molecule has 0 radical (unpaired) electrons. The molecule has 1 heterocycles. The lowest BCUT2D eigenvalue weighted by Crippen LogP contribution is -2.44. The van der Waals surface area contributed by atoms with E-state index in [0.29, 0.717) is 11.3 Å². The summed E-state index contributed by atoms with van der Waals surface area (Å²) in [5, 5.41) is 37.7. The number of nitro benzene ring substituents is 3. The maximum absolute atomic E-state index is 11.4. The van der Waals surface area contributed by atoms with E-state index in [4.69, 9.17) is 0 Å². The highest BCUT2D eigenvalue weighted by Gasteiger charge is 2.21. The average Bonchev–Trinajstić information content (AvgIpc) is 2.78. The summed E-state index contributed by atoms with van der Waals surface area (Å²) in [6.07, 6.45) is 0. The van der Waals surface area contributed by atoms with Crippen LogP contribution in [0.2, 0.25) is 0 Å². The number of non-ortho nitro benzene ring substituents is 2. The van der Waals surface area contributed by atoms with Gasteiger partial charge < -0.3 is 0 Å². The molecule has 168 valence electrons. The normalized spacial score (nSPS) is 11.2. The molecule has 12 heteroatoms. The topological polar surface area (TPSA) is 158 Å². The first-order chi connectivity index (χ1) is 15.7. The SMILES string of the molecule is Cc1cccc(C)[n+]1C/C(=N\Nc1ccc([N+](=O)[O-])cc1[N+](=O)[O-])c1ccc([N+](=O)[O-])cc1. The number of pyridine rings is 1. The number of nitrogens with zero attached hydrogens (tertiary/aromatic N) is 5. The molecule has 0 aliphatic rings. The van der Waals surface area contributed by atoms with E-state index in [9.17, 15) is 30.3 Å². The fraction of sp³-hybridized carbons (Fsp3) is 0.143. The second-order valence-electron chi connectivity index (χ2n) is 7.08. The highest BCUT2D eigenvalue weighted by Crippen LogP contribution is 2.29. The van der Waals surface area contributed by atoms with Gasteiger partial charge in [-0.1, -0.05) is 0 Å². The van der Waals surface area contributed by atoms with E-state index >= 15 is 0 Å². The van der Waals surface area contributed by atoms with Gasteiger partial charge in [-0.3, -0.25) is 35.8 Å². The first-order valence-electron chi connectivity index (χ1n) is 9.63. The maximum atomic E-state index is 11.4. The van der Waals surface area contributed by atoms with Crippen LogP contribution in [-0.4, -0.2) is 20.5 Å². The van der Waals surface area contributed by atoms with Gasteiger partial charge >= 0.3 is 5.69 Å². The van der Waals surface area contributed by atoms with Gasteiger partial charge in [-0.05, 0) is 24.3 Å². The first-order valence-corrected chi connectivity index (χ1v) is 9.63. The monoisotopic (exact) mass is 451 g/mol. The minimum absolute atomic E-state index is 0.0310. The first kappa shape index (κ1) is 22.9. The number of nitrogens with one attached hydrogen (secondary N) is 1. The van der Waals surface area contributed by atoms with E-state index in [1.54, 1.807) is 0 Å². The number of aryl methyl sites for hydroxylation is 2. The number of benzene rings is 2. The zero-order valence-corrected chi connectivity index (χ0v) is 17.7. The Labute approximate surface area is 187 Å². The minimum atomic E-state index is -0.739. The molecule has 12 nitrogen and oxygen atoms in total. The number of hydrogen-bond acceptors (Lipinski definition) is 8. The van der Waals surface area contributed by atoms with Crippen LogP contribution in [0, 0.1) is 44.2 Å². The maximum Gasteiger partial charge on any atom is 0.301 e. The van der Waals surface area contributed by atoms with Crippen molar-refractivity contribution in [1.29, 1.82) is 0 Å². The van der Waals surface area contributed by atoms with E-state index in [-0.39, 0.29) is 17.9 Å². The van der Waals surface area contributed by atoms with Crippen LogP contribution in [0.4, 0.5) is 22.7 Å². The van der Waals surface area contributed by atoms with Crippen molar-refractivity contribution in [3.05, 3.63) is 108 Å². The van der Waals surface area contributed by atoms with Crippen LogP contribution in [0.15, 0.2) is 65.8 Å². The predicted octanol–water partition coefficient (Wildman–Crippen LogP) is 3.83. The van der Waals surface area contributed by atoms with Gasteiger partial charge in [0.05, 0.1) is 20.8 Å². The molecule has 0 fully saturated rings. The van der Waals surface area contributed by atoms with Crippen LogP contribution >= 0.6 is 0 Å². The number of hydrogen-bond donors (Lipinski definition) is 1. The molecule has 0 atom stereocenters. The number of anilines is 1. The average molecular weight is 451 g/mol. The van der Waals surface area contributed by atoms with Gasteiger partial charge in [-0.25, -0.2) is 0 Å². The smallest absolute Gasteiger partial charge is 0.271 e. The van der Waals surface area contributed by atoms with Crippen molar-refractivity contribution in [1.82, 2.24) is 0 Å². The van der Waals surface area contributed by atoms with Gasteiger partial charge in [0.15, 0.2) is 17.9 Å². The Kier molecular flexibility index (Phi) is 6.67. The van der Waals surface area contributed by atoms with Crippen LogP contribution in [0.3, 0.4) is 0 Å². The van der Waals surface area contributed by atoms with Crippen molar-refractivity contribution in [2.24, 2.45) is 5.10 Å². The standard InChI is InChI=1S/C21H19N6O6/c1-14-4-3-5-15(2)24(14)13-20(16-6-8-17(9-7-16)25(28)29)23-22-19-11-10-18(26(30)31)12-21(19)27(32)33/h3-12,22H,13H2,1-2H3/q+1/b23-20+. The summed E-state index contributed by atoms with van der Waals surface area (Å²) >= 11 is 0. The third kappa shape index (κ3) is 5.31. The molecule has 3 aromatic rings. The molecular weight excluding hydrogens is 432 g/mol. The molecule has 2 aromatic carbocycles. The van der Waals surface area contributed by atoms with E-state index < -0.39 is 26.1 Å². The van der Waals surface area contributed by atoms with Crippen molar-refractivity contribution in [3.8, 4) is 0 Å². The molecule has 0 saturated carbocycles. The summed E-state index contributed by atoms with van der Waals surface area (Å²) in [5.41, 5.74) is 4.47. The van der Waals surface area contributed by atoms with Gasteiger partial charge in [-0.2, -0.15) is 9.67 Å². The van der Waals surface area contributed by atoms with E-state index in [2.05, 4.69) is 10.5 Å². The summed E-state index contributed by atoms with van der Waals surface area (Å²) in [4.78, 5) is 31.4. The van der Waals surface area contributed by atoms with Crippen molar-refractivity contribution < 1.29 is 19.3 Å². The van der Waals surface area contributed by atoms with Crippen LogP contribution in [0.1, 0.15) is 17.0 Å². The minimum Gasteiger partial charge on any atom is -0.271 e. The summed E-state index contributed by atoms with van der Waals surface area (Å²) in [5.74, 6) is 0. The third-order valence-electron chi connectivity index (χ3n) is 4.95. The molecule has 0 unspecified atom stereocenters. The second kappa shape index (κ2) is 9.60. The lowest BCUT2D eigenvalue weighted by Gasteiger charge is -2.09. The van der Waals surface area contributed by atoms with Gasteiger partial charge in [0, 0.05) is 49.7 Å². The molecule has 0 aliphatic heterocycles. The summed E-state index contributed by atoms with van der Waals surface area (Å²) in [6.45, 7) is 4.09. The number of hydrazone groups is 1. The van der Waals surface area contributed by atoms with E-state index in [1.165, 1.54) is 30.3 Å². The Hall–Kier alpha value is -4.74. The molecule has 0 bridgehead atoms. The second-order valence-corrected chi connectivity index (χ2v) is 7.08. The molecule has 0 saturated heterocycles. The van der Waals surface area contributed by atoms with Gasteiger partial charge in [-0.15, -0.1) is 0 Å². The highest BCUT2D eigenvalue weighted by atomic mass is 16.6. The molecule has 0 aliphatic carbocycles. The molecule has 3 rings (SSSR count). The molecular formula is C21H19N6O6+. The summed E-state index contributed by atoms with van der Waals surface area (Å²) < 4.78 is 1.96. The Morgan fingerprint density at radius 3 is 1.97 bits per heavy atom. The zero-order chi connectivity index (χ0) is 24.1. The van der Waals surface area contributed by atoms with Crippen LogP contribution in [0.5, 0.6) is 0 Å². The van der Waals surface area contributed by atoms with Crippen molar-refractivity contribution in [2.75, 3.05) is 5.43 Å². The number of nitro groups is 3. The largest absolute Gasteiger partial charge is 0.301 e. The third-order valence-corrected chi connectivity index (χ3v) is 4.95. The van der Waals surface area contributed by atoms with Gasteiger partial charge in [0.2, 0.25) is 0 Å². The van der Waals surface area contributed by atoms with Crippen LogP contribution < -0.4 is 9.99 Å². The van der Waals surface area contributed by atoms with Gasteiger partial charge in [0.25, 0.3) is 11.4 Å². The quantitative estimate of drug-likeness (QED) is 0.236. The summed E-state index contributed by atoms with van der Waals surface area (Å²) in [6, 6.07) is 14.7. The van der Waals surface area contributed by atoms with Crippen LogP contribution in [-0.2, 0) is 6.54 Å². The zero-order valence-electron chi connectivity index (χ0n) is 17.7. The van der Waals surface area contributed by atoms with E-state index in [1.807, 2.05) is 36.6 Å². The van der Waals surface area contributed by atoms with Crippen molar-refractivity contribution >= 4 is 28.5 Å². The van der Waals surface area contributed by atoms with Gasteiger partial charge in [0.1, 0.15) is 11.4 Å². The molecule has 1 N–H and O–H groups in total. The molecule has 33 heavy (non-hydrogen) atoms. The molecule has 0 amide bonds. The number of aromatic nitrogens is 1.